The van der Waals surface area contributed by atoms with Crippen molar-refractivity contribution in [1.82, 2.24) is 20.1 Å². The van der Waals surface area contributed by atoms with Crippen molar-refractivity contribution < 1.29 is 4.79 Å². The van der Waals surface area contributed by atoms with E-state index in [2.05, 4.69) is 20.5 Å². The van der Waals surface area contributed by atoms with Crippen LogP contribution in [0.25, 0.3) is 0 Å². The minimum absolute atomic E-state index is 0.191. The van der Waals surface area contributed by atoms with E-state index in [0.717, 1.165) is 11.5 Å². The van der Waals surface area contributed by atoms with Crippen LogP contribution < -0.4 is 5.32 Å². The Hall–Kier alpha value is -2.37. The van der Waals surface area contributed by atoms with E-state index in [-0.39, 0.29) is 6.03 Å². The Morgan fingerprint density at radius 3 is 2.72 bits per heavy atom. The highest BCUT2D eigenvalue weighted by Gasteiger charge is 2.11. The zero-order valence-corrected chi connectivity index (χ0v) is 10.3. The molecule has 0 spiro atoms. The molecule has 2 rings (SSSR count). The molecule has 0 aliphatic carbocycles. The molecule has 0 atom stereocenters. The molecule has 0 saturated heterocycles. The van der Waals surface area contributed by atoms with Gasteiger partial charge in [0.15, 0.2) is 5.82 Å². The monoisotopic (exact) mass is 245 g/mol. The van der Waals surface area contributed by atoms with Crippen molar-refractivity contribution >= 4 is 11.7 Å². The lowest BCUT2D eigenvalue weighted by Gasteiger charge is -2.16. The largest absolute Gasteiger partial charge is 0.321 e. The average molecular weight is 245 g/mol. The number of aromatic nitrogens is 3. The molecule has 0 saturated carbocycles. The van der Waals surface area contributed by atoms with E-state index in [1.165, 1.54) is 4.90 Å². The number of carbonyl (C=O) groups excluding carboxylic acids is 1. The van der Waals surface area contributed by atoms with Gasteiger partial charge < -0.3 is 10.2 Å². The Labute approximate surface area is 105 Å². The molecule has 1 aromatic carbocycles. The van der Waals surface area contributed by atoms with Gasteiger partial charge in [0, 0.05) is 12.7 Å². The van der Waals surface area contributed by atoms with Gasteiger partial charge >= 0.3 is 6.03 Å². The van der Waals surface area contributed by atoms with E-state index in [1.807, 2.05) is 37.3 Å². The van der Waals surface area contributed by atoms with Crippen molar-refractivity contribution in [3.63, 3.8) is 0 Å². The minimum atomic E-state index is -0.191. The second kappa shape index (κ2) is 5.31. The number of carbonyl (C=O) groups is 1. The first kappa shape index (κ1) is 12.1. The fourth-order valence-corrected chi connectivity index (χ4v) is 1.48. The number of hydrogen-bond donors (Lipinski definition) is 2. The molecule has 18 heavy (non-hydrogen) atoms. The molecule has 6 nitrogen and oxygen atoms in total. The van der Waals surface area contributed by atoms with Gasteiger partial charge in [0.25, 0.3) is 0 Å². The quantitative estimate of drug-likeness (QED) is 0.865. The molecule has 0 radical (unpaired) electrons. The molecule has 94 valence electrons. The van der Waals surface area contributed by atoms with E-state index >= 15 is 0 Å². The van der Waals surface area contributed by atoms with E-state index in [1.54, 1.807) is 7.05 Å². The first-order chi connectivity index (χ1) is 8.65. The minimum Gasteiger partial charge on any atom is -0.320 e. The predicted octanol–water partition coefficient (Wildman–Crippen LogP) is 1.78. The number of hydrogen-bond acceptors (Lipinski definition) is 3. The first-order valence-electron chi connectivity index (χ1n) is 5.60. The predicted molar refractivity (Wildman–Crippen MR) is 68.0 cm³/mol. The highest BCUT2D eigenvalue weighted by atomic mass is 16.2. The van der Waals surface area contributed by atoms with Crippen LogP contribution in [-0.4, -0.2) is 33.2 Å². The molecule has 1 heterocycles. The SMILES string of the molecule is Cc1nc(CN(C)C(=O)Nc2ccccc2)n[nH]1. The van der Waals surface area contributed by atoms with Crippen LogP contribution in [0.3, 0.4) is 0 Å². The summed E-state index contributed by atoms with van der Waals surface area (Å²) in [7, 11) is 1.70. The van der Waals surface area contributed by atoms with Crippen molar-refractivity contribution in [2.75, 3.05) is 12.4 Å². The molecule has 1 aromatic heterocycles. The summed E-state index contributed by atoms with van der Waals surface area (Å²) in [6.45, 7) is 2.18. The number of rotatable bonds is 3. The molecule has 0 bridgehead atoms. The Balaban J connectivity index is 1.93. The number of benzene rings is 1. The summed E-state index contributed by atoms with van der Waals surface area (Å²) in [6, 6.07) is 9.12. The first-order valence-corrected chi connectivity index (χ1v) is 5.60. The van der Waals surface area contributed by atoms with Gasteiger partial charge in [-0.25, -0.2) is 9.78 Å². The zero-order chi connectivity index (χ0) is 13.0. The van der Waals surface area contributed by atoms with Gasteiger partial charge in [0.2, 0.25) is 0 Å². The van der Waals surface area contributed by atoms with E-state index in [9.17, 15) is 4.79 Å². The van der Waals surface area contributed by atoms with Crippen molar-refractivity contribution in [2.24, 2.45) is 0 Å². The van der Waals surface area contributed by atoms with Crippen LogP contribution in [0.1, 0.15) is 11.6 Å². The van der Waals surface area contributed by atoms with Crippen LogP contribution in [0, 0.1) is 6.92 Å². The van der Waals surface area contributed by atoms with Crippen LogP contribution >= 0.6 is 0 Å². The van der Waals surface area contributed by atoms with Gasteiger partial charge in [0.05, 0.1) is 6.54 Å². The van der Waals surface area contributed by atoms with E-state index in [0.29, 0.717) is 12.4 Å². The summed E-state index contributed by atoms with van der Waals surface area (Å²) < 4.78 is 0. The molecule has 2 amide bonds. The smallest absolute Gasteiger partial charge is 0.320 e. The Kier molecular flexibility index (Phi) is 3.57. The van der Waals surface area contributed by atoms with Gasteiger partial charge in [0.1, 0.15) is 5.82 Å². The molecular formula is C12H15N5O. The number of aromatic amines is 1. The van der Waals surface area contributed by atoms with Gasteiger partial charge in [-0.3, -0.25) is 5.10 Å². The summed E-state index contributed by atoms with van der Waals surface area (Å²) >= 11 is 0. The van der Waals surface area contributed by atoms with Crippen molar-refractivity contribution in [3.8, 4) is 0 Å². The molecule has 0 fully saturated rings. The van der Waals surface area contributed by atoms with Gasteiger partial charge in [-0.05, 0) is 19.1 Å². The Morgan fingerprint density at radius 2 is 2.11 bits per heavy atom. The fourth-order valence-electron chi connectivity index (χ4n) is 1.48. The maximum Gasteiger partial charge on any atom is 0.321 e. The number of H-pyrrole nitrogens is 1. The van der Waals surface area contributed by atoms with Crippen LogP contribution in [0.5, 0.6) is 0 Å². The second-order valence-electron chi connectivity index (χ2n) is 3.99. The molecule has 2 aromatic rings. The zero-order valence-electron chi connectivity index (χ0n) is 10.3. The van der Waals surface area contributed by atoms with E-state index in [4.69, 9.17) is 0 Å². The molecule has 6 heteroatoms. The van der Waals surface area contributed by atoms with Crippen LogP contribution in [0.2, 0.25) is 0 Å². The number of nitrogens with one attached hydrogen (secondary N) is 2. The lowest BCUT2D eigenvalue weighted by Crippen LogP contribution is -2.31. The third kappa shape index (κ3) is 3.07. The molecule has 0 aliphatic heterocycles. The lowest BCUT2D eigenvalue weighted by molar-refractivity contribution is 0.219. The van der Waals surface area contributed by atoms with E-state index < -0.39 is 0 Å². The maximum absolute atomic E-state index is 11.9. The number of anilines is 1. The topological polar surface area (TPSA) is 73.9 Å². The van der Waals surface area contributed by atoms with Gasteiger partial charge in [-0.2, -0.15) is 5.10 Å². The maximum atomic E-state index is 11.9. The number of nitrogens with zero attached hydrogens (tertiary/aromatic N) is 3. The number of para-hydroxylation sites is 1. The number of aryl methyl sites for hydroxylation is 1. The Morgan fingerprint density at radius 1 is 1.39 bits per heavy atom. The highest BCUT2D eigenvalue weighted by molar-refractivity contribution is 5.88. The second-order valence-corrected chi connectivity index (χ2v) is 3.99. The van der Waals surface area contributed by atoms with Gasteiger partial charge in [-0.1, -0.05) is 18.2 Å². The van der Waals surface area contributed by atoms with Crippen molar-refractivity contribution in [1.29, 1.82) is 0 Å². The lowest BCUT2D eigenvalue weighted by atomic mass is 10.3. The molecule has 0 aliphatic rings. The van der Waals surface area contributed by atoms with Crippen LogP contribution in [-0.2, 0) is 6.54 Å². The average Bonchev–Trinajstić information content (AvgIpc) is 2.76. The summed E-state index contributed by atoms with van der Waals surface area (Å²) in [5.41, 5.74) is 0.764. The number of amides is 2. The van der Waals surface area contributed by atoms with Gasteiger partial charge in [-0.15, -0.1) is 0 Å². The molecule has 0 unspecified atom stereocenters. The third-order valence-corrected chi connectivity index (χ3v) is 2.39. The third-order valence-electron chi connectivity index (χ3n) is 2.39. The van der Waals surface area contributed by atoms with Crippen molar-refractivity contribution in [3.05, 3.63) is 42.0 Å². The summed E-state index contributed by atoms with van der Waals surface area (Å²) in [6.07, 6.45) is 0. The summed E-state index contributed by atoms with van der Waals surface area (Å²) in [4.78, 5) is 17.5. The highest BCUT2D eigenvalue weighted by Crippen LogP contribution is 2.06. The summed E-state index contributed by atoms with van der Waals surface area (Å²) in [5, 5.41) is 9.52. The van der Waals surface area contributed by atoms with Crippen LogP contribution in [0.15, 0.2) is 30.3 Å². The molecular weight excluding hydrogens is 230 g/mol. The van der Waals surface area contributed by atoms with Crippen LogP contribution in [0.4, 0.5) is 10.5 Å². The molecule has 2 N–H and O–H groups in total. The summed E-state index contributed by atoms with van der Waals surface area (Å²) in [5.74, 6) is 1.33. The van der Waals surface area contributed by atoms with Crippen molar-refractivity contribution in [2.45, 2.75) is 13.5 Å². The normalized spacial score (nSPS) is 10.1. The Bertz CT molecular complexity index is 522. The fraction of sp³-hybridized carbons (Fsp3) is 0.250. The standard InChI is InChI=1S/C12H15N5O/c1-9-13-11(16-15-9)8-17(2)12(18)14-10-6-4-3-5-7-10/h3-7H,8H2,1-2H3,(H,14,18)(H,13,15,16). The number of urea groups is 1.